The molecule has 1 unspecified atom stereocenters. The quantitative estimate of drug-likeness (QED) is 0.423. The van der Waals surface area contributed by atoms with Crippen molar-refractivity contribution in [3.63, 3.8) is 0 Å². The zero-order valence-electron chi connectivity index (χ0n) is 20.5. The molecule has 1 aliphatic heterocycles. The van der Waals surface area contributed by atoms with Gasteiger partial charge in [-0.25, -0.2) is 8.78 Å². The average molecular weight is 540 g/mol. The molecule has 1 aliphatic carbocycles. The lowest BCUT2D eigenvalue weighted by Crippen LogP contribution is -2.52. The number of hydrogen-bond acceptors (Lipinski definition) is 4. The van der Waals surface area contributed by atoms with Gasteiger partial charge in [-0.15, -0.1) is 0 Å². The topological polar surface area (TPSA) is 95.7 Å². The molecule has 38 heavy (non-hydrogen) atoms. The van der Waals surface area contributed by atoms with Gasteiger partial charge in [0, 0.05) is 29.2 Å². The highest BCUT2D eigenvalue weighted by Gasteiger charge is 2.52. The summed E-state index contributed by atoms with van der Waals surface area (Å²) in [6.07, 6.45) is -1.70. The van der Waals surface area contributed by atoms with Crippen LogP contribution in [0.2, 0.25) is 5.02 Å². The van der Waals surface area contributed by atoms with Gasteiger partial charge in [0.15, 0.2) is 5.60 Å². The number of nitrogens with one attached hydrogen (secondary N) is 1. The molecule has 4 N–H and O–H groups in total. The molecule has 0 radical (unpaired) electrons. The minimum absolute atomic E-state index is 0.0408. The van der Waals surface area contributed by atoms with Crippen molar-refractivity contribution in [2.24, 2.45) is 5.73 Å². The second-order valence-electron chi connectivity index (χ2n) is 9.79. The Bertz CT molecular complexity index is 1340. The molecule has 5 rings (SSSR count). The van der Waals surface area contributed by atoms with Crippen LogP contribution in [0.1, 0.15) is 35.1 Å². The number of carbonyl (C=O) groups excluding carboxylic acids is 2. The van der Waals surface area contributed by atoms with Crippen molar-refractivity contribution in [1.29, 1.82) is 0 Å². The molecule has 0 spiro atoms. The molecule has 3 aromatic carbocycles. The first kappa shape index (κ1) is 26.3. The van der Waals surface area contributed by atoms with Crippen molar-refractivity contribution in [2.45, 2.75) is 49.9 Å². The number of nitrogens with two attached hydrogens (primary N) is 1. The number of halogens is 3. The van der Waals surface area contributed by atoms with Crippen molar-refractivity contribution in [3.8, 4) is 11.1 Å². The summed E-state index contributed by atoms with van der Waals surface area (Å²) in [7, 11) is 0. The molecular weight excluding hydrogens is 512 g/mol. The summed E-state index contributed by atoms with van der Waals surface area (Å²) < 4.78 is 26.1. The van der Waals surface area contributed by atoms with Crippen LogP contribution in [0, 0.1) is 0 Å². The molecule has 0 saturated carbocycles. The lowest BCUT2D eigenvalue weighted by molar-refractivity contribution is -0.151. The maximum Gasteiger partial charge on any atom is 0.264 e. The largest absolute Gasteiger partial charge is 0.372 e. The van der Waals surface area contributed by atoms with E-state index in [0.717, 1.165) is 11.1 Å². The number of rotatable bonds is 7. The second-order valence-corrected chi connectivity index (χ2v) is 10.2. The van der Waals surface area contributed by atoms with E-state index in [2.05, 4.69) is 5.32 Å². The lowest BCUT2D eigenvalue weighted by atomic mass is 9.89. The number of benzene rings is 3. The van der Waals surface area contributed by atoms with E-state index in [4.69, 9.17) is 17.3 Å². The highest BCUT2D eigenvalue weighted by atomic mass is 35.5. The molecule has 2 amide bonds. The fourth-order valence-corrected chi connectivity index (χ4v) is 5.73. The number of carbonyl (C=O) groups is 2. The van der Waals surface area contributed by atoms with Gasteiger partial charge in [-0.1, -0.05) is 66.2 Å². The van der Waals surface area contributed by atoms with Crippen LogP contribution >= 0.6 is 11.6 Å². The monoisotopic (exact) mass is 539 g/mol. The summed E-state index contributed by atoms with van der Waals surface area (Å²) in [4.78, 5) is 28.7. The van der Waals surface area contributed by atoms with Gasteiger partial charge in [-0.05, 0) is 53.6 Å². The van der Waals surface area contributed by atoms with E-state index in [0.29, 0.717) is 46.7 Å². The molecule has 0 aromatic heterocycles. The van der Waals surface area contributed by atoms with Crippen molar-refractivity contribution in [3.05, 3.63) is 94.0 Å². The molecule has 3 aromatic rings. The highest BCUT2D eigenvalue weighted by Crippen LogP contribution is 2.48. The third-order valence-electron chi connectivity index (χ3n) is 7.45. The molecule has 2 aliphatic rings. The Hall–Kier alpha value is -3.33. The molecule has 1 heterocycles. The van der Waals surface area contributed by atoms with Crippen molar-refractivity contribution >= 4 is 23.4 Å². The standard InChI is InChI=1S/C29H28ClF2N3O3/c30-19-12-11-17(15-24(33)26(31)32)18(14-19)16-34-27(36)25-10-5-13-35(25)28(37)29(38)22-8-3-1-6-20(22)21-7-2-4-9-23(21)29/h1-4,6-9,11-12,14,24-26,38H,5,10,13,15-16,33H2,(H,34,36)/t24?,25-/m0/s1. The number of nitrogens with zero attached hydrogens (tertiary/aromatic N) is 1. The number of hydrogen-bond donors (Lipinski definition) is 3. The third kappa shape index (κ3) is 4.57. The second kappa shape index (κ2) is 10.4. The van der Waals surface area contributed by atoms with Crippen molar-refractivity contribution < 1.29 is 23.5 Å². The van der Waals surface area contributed by atoms with E-state index in [1.165, 1.54) is 4.90 Å². The summed E-state index contributed by atoms with van der Waals surface area (Å²) in [5.74, 6) is -0.929. The van der Waals surface area contributed by atoms with E-state index >= 15 is 0 Å². The Morgan fingerprint density at radius 1 is 1.05 bits per heavy atom. The fourth-order valence-electron chi connectivity index (χ4n) is 5.53. The molecule has 0 bridgehead atoms. The zero-order valence-corrected chi connectivity index (χ0v) is 21.3. The number of likely N-dealkylation sites (tertiary alicyclic amines) is 1. The first-order valence-corrected chi connectivity index (χ1v) is 12.9. The van der Waals surface area contributed by atoms with Crippen LogP contribution in [-0.2, 0) is 28.2 Å². The summed E-state index contributed by atoms with van der Waals surface area (Å²) in [6.45, 7) is 0.369. The van der Waals surface area contributed by atoms with Crippen LogP contribution in [-0.4, -0.2) is 46.9 Å². The van der Waals surface area contributed by atoms with E-state index in [1.807, 2.05) is 24.3 Å². The van der Waals surface area contributed by atoms with Crippen LogP contribution in [0.5, 0.6) is 0 Å². The van der Waals surface area contributed by atoms with Crippen LogP contribution in [0.3, 0.4) is 0 Å². The van der Waals surface area contributed by atoms with Crippen molar-refractivity contribution in [1.82, 2.24) is 10.2 Å². The SMILES string of the molecule is NC(Cc1ccc(Cl)cc1CNC(=O)[C@@H]1CCCN1C(=O)C1(O)c2ccccc2-c2ccccc21)C(F)F. The summed E-state index contributed by atoms with van der Waals surface area (Å²) in [5.41, 5.74) is 7.37. The molecule has 1 fully saturated rings. The Morgan fingerprint density at radius 3 is 2.32 bits per heavy atom. The van der Waals surface area contributed by atoms with E-state index in [-0.39, 0.29) is 18.9 Å². The molecule has 1 saturated heterocycles. The minimum atomic E-state index is -2.68. The maximum atomic E-state index is 14.0. The normalized spacial score (nSPS) is 18.3. The Balaban J connectivity index is 1.36. The predicted molar refractivity (Wildman–Crippen MR) is 141 cm³/mol. The number of aliphatic hydroxyl groups is 1. The third-order valence-corrected chi connectivity index (χ3v) is 7.69. The summed E-state index contributed by atoms with van der Waals surface area (Å²) >= 11 is 6.12. The Kier molecular flexibility index (Phi) is 7.22. The fraction of sp³-hybridized carbons (Fsp3) is 0.310. The summed E-state index contributed by atoms with van der Waals surface area (Å²) in [6, 6.07) is 17.2. The van der Waals surface area contributed by atoms with Gasteiger partial charge < -0.3 is 21.1 Å². The minimum Gasteiger partial charge on any atom is -0.372 e. The maximum absolute atomic E-state index is 14.0. The molecule has 198 valence electrons. The van der Waals surface area contributed by atoms with Gasteiger partial charge in [-0.3, -0.25) is 9.59 Å². The van der Waals surface area contributed by atoms with Gasteiger partial charge in [0.1, 0.15) is 6.04 Å². The predicted octanol–water partition coefficient (Wildman–Crippen LogP) is 4.00. The van der Waals surface area contributed by atoms with Crippen LogP contribution in [0.15, 0.2) is 66.7 Å². The molecule has 6 nitrogen and oxygen atoms in total. The van der Waals surface area contributed by atoms with E-state index in [9.17, 15) is 23.5 Å². The van der Waals surface area contributed by atoms with E-state index < -0.39 is 30.0 Å². The smallest absolute Gasteiger partial charge is 0.264 e. The van der Waals surface area contributed by atoms with E-state index in [1.54, 1.807) is 42.5 Å². The van der Waals surface area contributed by atoms with Gasteiger partial charge in [0.2, 0.25) is 5.91 Å². The first-order valence-electron chi connectivity index (χ1n) is 12.5. The Morgan fingerprint density at radius 2 is 1.68 bits per heavy atom. The molecule has 2 atom stereocenters. The first-order chi connectivity index (χ1) is 18.2. The average Bonchev–Trinajstić information content (AvgIpc) is 3.51. The Labute approximate surface area is 224 Å². The molecular formula is C29H28ClF2N3O3. The number of fused-ring (bicyclic) bond motifs is 3. The van der Waals surface area contributed by atoms with Crippen LogP contribution < -0.4 is 11.1 Å². The lowest BCUT2D eigenvalue weighted by Gasteiger charge is -2.33. The number of alkyl halides is 2. The van der Waals surface area contributed by atoms with Gasteiger partial charge in [0.25, 0.3) is 12.3 Å². The van der Waals surface area contributed by atoms with Gasteiger partial charge in [0.05, 0.1) is 6.04 Å². The number of amides is 2. The van der Waals surface area contributed by atoms with Crippen LogP contribution in [0.4, 0.5) is 8.78 Å². The van der Waals surface area contributed by atoms with Crippen molar-refractivity contribution in [2.75, 3.05) is 6.54 Å². The summed E-state index contributed by atoms with van der Waals surface area (Å²) in [5, 5.41) is 15.2. The highest BCUT2D eigenvalue weighted by molar-refractivity contribution is 6.30. The molecule has 9 heteroatoms. The zero-order chi connectivity index (χ0) is 27.0. The van der Waals surface area contributed by atoms with Gasteiger partial charge >= 0.3 is 0 Å². The van der Waals surface area contributed by atoms with Crippen LogP contribution in [0.25, 0.3) is 11.1 Å². The van der Waals surface area contributed by atoms with Gasteiger partial charge in [-0.2, -0.15) is 0 Å².